The van der Waals surface area contributed by atoms with Gasteiger partial charge in [0, 0.05) is 25.9 Å². The van der Waals surface area contributed by atoms with Crippen molar-refractivity contribution in [3.63, 3.8) is 0 Å². The van der Waals surface area contributed by atoms with E-state index in [-0.39, 0.29) is 11.8 Å². The molecule has 5 heteroatoms. The van der Waals surface area contributed by atoms with Crippen LogP contribution < -0.4 is 0 Å². The molecule has 1 aromatic heterocycles. The first-order chi connectivity index (χ1) is 9.49. The van der Waals surface area contributed by atoms with Gasteiger partial charge in [0.05, 0.1) is 23.2 Å². The molecule has 0 spiro atoms. The van der Waals surface area contributed by atoms with Crippen molar-refractivity contribution in [1.82, 2.24) is 14.7 Å². The highest BCUT2D eigenvalue weighted by Gasteiger charge is 2.16. The van der Waals surface area contributed by atoms with Gasteiger partial charge in [-0.05, 0) is 12.1 Å². The molecule has 0 fully saturated rings. The number of amides is 1. The fourth-order valence-corrected chi connectivity index (χ4v) is 2.31. The molecule has 106 valence electrons. The fraction of sp³-hybridized carbons (Fsp3) is 0.333. The van der Waals surface area contributed by atoms with Crippen molar-refractivity contribution in [2.45, 2.75) is 13.5 Å². The van der Waals surface area contributed by atoms with Crippen molar-refractivity contribution in [3.8, 4) is 11.3 Å². The van der Waals surface area contributed by atoms with E-state index < -0.39 is 0 Å². The summed E-state index contributed by atoms with van der Waals surface area (Å²) in [6.07, 6.45) is 1.87. The Hall–Kier alpha value is -1.81. The summed E-state index contributed by atoms with van der Waals surface area (Å²) in [6.45, 7) is 2.46. The van der Waals surface area contributed by atoms with E-state index in [0.717, 1.165) is 11.3 Å². The van der Waals surface area contributed by atoms with Crippen molar-refractivity contribution in [2.24, 2.45) is 5.92 Å². The molecule has 1 atom stereocenters. The molecule has 0 saturated heterocycles. The number of halogens is 1. The number of benzene rings is 1. The van der Waals surface area contributed by atoms with E-state index in [1.54, 1.807) is 23.7 Å². The van der Waals surface area contributed by atoms with E-state index in [2.05, 4.69) is 5.10 Å². The Morgan fingerprint density at radius 1 is 1.35 bits per heavy atom. The summed E-state index contributed by atoms with van der Waals surface area (Å²) < 4.78 is 1.78. The second-order valence-corrected chi connectivity index (χ2v) is 5.44. The molecule has 0 aliphatic heterocycles. The highest BCUT2D eigenvalue weighted by molar-refractivity contribution is 6.33. The van der Waals surface area contributed by atoms with Gasteiger partial charge in [-0.3, -0.25) is 9.48 Å². The Labute approximate surface area is 124 Å². The summed E-state index contributed by atoms with van der Waals surface area (Å²) in [5.74, 6) is -0.0104. The Bertz CT molecular complexity index is 607. The Balaban J connectivity index is 2.14. The van der Waals surface area contributed by atoms with E-state index in [1.807, 2.05) is 43.5 Å². The molecule has 1 amide bonds. The SMILES string of the molecule is CC(Cn1ccc(-c2ccccc2Cl)n1)C(=O)N(C)C. The van der Waals surface area contributed by atoms with Crippen LogP contribution in [0.2, 0.25) is 5.02 Å². The molecule has 2 aromatic rings. The molecule has 0 radical (unpaired) electrons. The highest BCUT2D eigenvalue weighted by atomic mass is 35.5. The van der Waals surface area contributed by atoms with Crippen molar-refractivity contribution in [1.29, 1.82) is 0 Å². The minimum absolute atomic E-state index is 0.0970. The molecule has 0 aliphatic rings. The maximum atomic E-state index is 11.8. The molecular weight excluding hydrogens is 274 g/mol. The van der Waals surface area contributed by atoms with Crippen LogP contribution in [0.15, 0.2) is 36.5 Å². The minimum Gasteiger partial charge on any atom is -0.349 e. The predicted octanol–water partition coefficient (Wildman–Crippen LogP) is 2.93. The van der Waals surface area contributed by atoms with E-state index in [9.17, 15) is 4.79 Å². The monoisotopic (exact) mass is 291 g/mol. The van der Waals surface area contributed by atoms with Gasteiger partial charge in [-0.25, -0.2) is 0 Å². The maximum Gasteiger partial charge on any atom is 0.226 e. The molecule has 0 saturated carbocycles. The average molecular weight is 292 g/mol. The molecule has 1 aromatic carbocycles. The lowest BCUT2D eigenvalue weighted by Gasteiger charge is -2.16. The van der Waals surface area contributed by atoms with Gasteiger partial charge >= 0.3 is 0 Å². The molecule has 0 N–H and O–H groups in total. The summed E-state index contributed by atoms with van der Waals surface area (Å²) in [5.41, 5.74) is 1.72. The first-order valence-electron chi connectivity index (χ1n) is 6.48. The fourth-order valence-electron chi connectivity index (χ4n) is 2.08. The molecule has 4 nitrogen and oxygen atoms in total. The van der Waals surface area contributed by atoms with Crippen molar-refractivity contribution >= 4 is 17.5 Å². The van der Waals surface area contributed by atoms with E-state index in [0.29, 0.717) is 11.6 Å². The second-order valence-electron chi connectivity index (χ2n) is 5.04. The summed E-state index contributed by atoms with van der Waals surface area (Å²) in [4.78, 5) is 13.4. The minimum atomic E-state index is -0.107. The molecule has 0 aliphatic carbocycles. The first kappa shape index (κ1) is 14.6. The number of rotatable bonds is 4. The smallest absolute Gasteiger partial charge is 0.226 e. The van der Waals surface area contributed by atoms with Gasteiger partial charge in [0.1, 0.15) is 0 Å². The third kappa shape index (κ3) is 3.20. The van der Waals surface area contributed by atoms with Gasteiger partial charge in [0.2, 0.25) is 5.91 Å². The Morgan fingerprint density at radius 3 is 2.70 bits per heavy atom. The van der Waals surface area contributed by atoms with Crippen molar-refractivity contribution < 1.29 is 4.79 Å². The third-order valence-electron chi connectivity index (χ3n) is 3.11. The summed E-state index contributed by atoms with van der Waals surface area (Å²) >= 11 is 6.16. The molecule has 20 heavy (non-hydrogen) atoms. The molecular formula is C15H18ClN3O. The number of carbonyl (C=O) groups is 1. The number of hydrogen-bond donors (Lipinski definition) is 0. The lowest BCUT2D eigenvalue weighted by atomic mass is 10.1. The normalized spacial score (nSPS) is 12.2. The molecule has 0 bridgehead atoms. The predicted molar refractivity (Wildman–Crippen MR) is 80.5 cm³/mol. The van der Waals surface area contributed by atoms with Crippen LogP contribution in [0, 0.1) is 5.92 Å². The van der Waals surface area contributed by atoms with Crippen molar-refractivity contribution in [3.05, 3.63) is 41.6 Å². The topological polar surface area (TPSA) is 38.1 Å². The quantitative estimate of drug-likeness (QED) is 0.869. The largest absolute Gasteiger partial charge is 0.349 e. The maximum absolute atomic E-state index is 11.8. The first-order valence-corrected chi connectivity index (χ1v) is 6.86. The number of carbonyl (C=O) groups excluding carboxylic acids is 1. The van der Waals surface area contributed by atoms with Gasteiger partial charge in [-0.1, -0.05) is 36.7 Å². The van der Waals surface area contributed by atoms with Gasteiger partial charge in [-0.2, -0.15) is 5.10 Å². The zero-order valence-corrected chi connectivity index (χ0v) is 12.6. The van der Waals surface area contributed by atoms with Crippen LogP contribution in [0.3, 0.4) is 0 Å². The molecule has 1 heterocycles. The Morgan fingerprint density at radius 2 is 2.05 bits per heavy atom. The van der Waals surface area contributed by atoms with Gasteiger partial charge in [0.15, 0.2) is 0 Å². The van der Waals surface area contributed by atoms with Crippen molar-refractivity contribution in [2.75, 3.05) is 14.1 Å². The lowest BCUT2D eigenvalue weighted by Crippen LogP contribution is -2.30. The average Bonchev–Trinajstić information content (AvgIpc) is 2.86. The number of hydrogen-bond acceptors (Lipinski definition) is 2. The van der Waals surface area contributed by atoms with E-state index in [4.69, 9.17) is 11.6 Å². The number of nitrogens with zero attached hydrogens (tertiary/aromatic N) is 3. The lowest BCUT2D eigenvalue weighted by molar-refractivity contribution is -0.132. The number of aromatic nitrogens is 2. The van der Waals surface area contributed by atoms with Crippen LogP contribution in [-0.4, -0.2) is 34.7 Å². The van der Waals surface area contributed by atoms with Gasteiger partial charge < -0.3 is 4.90 Å². The molecule has 2 rings (SSSR count). The molecule has 1 unspecified atom stereocenters. The summed E-state index contributed by atoms with van der Waals surface area (Å²) in [5, 5.41) is 5.16. The highest BCUT2D eigenvalue weighted by Crippen LogP contribution is 2.25. The van der Waals surface area contributed by atoms with Gasteiger partial charge in [-0.15, -0.1) is 0 Å². The van der Waals surface area contributed by atoms with Crippen LogP contribution in [0.4, 0.5) is 0 Å². The van der Waals surface area contributed by atoms with E-state index >= 15 is 0 Å². The van der Waals surface area contributed by atoms with Crippen LogP contribution in [0.1, 0.15) is 6.92 Å². The van der Waals surface area contributed by atoms with Crippen LogP contribution in [0.25, 0.3) is 11.3 Å². The van der Waals surface area contributed by atoms with Crippen LogP contribution in [0.5, 0.6) is 0 Å². The van der Waals surface area contributed by atoms with Crippen LogP contribution in [-0.2, 0) is 11.3 Å². The zero-order chi connectivity index (χ0) is 14.7. The summed E-state index contributed by atoms with van der Waals surface area (Å²) in [7, 11) is 3.52. The summed E-state index contributed by atoms with van der Waals surface area (Å²) in [6, 6.07) is 9.50. The standard InChI is InChI=1S/C15H18ClN3O/c1-11(15(20)18(2)3)10-19-9-8-14(17-19)12-6-4-5-7-13(12)16/h4-9,11H,10H2,1-3H3. The third-order valence-corrected chi connectivity index (χ3v) is 3.44. The van der Waals surface area contributed by atoms with Gasteiger partial charge in [0.25, 0.3) is 0 Å². The second kappa shape index (κ2) is 6.09. The van der Waals surface area contributed by atoms with Crippen LogP contribution >= 0.6 is 11.6 Å². The Kier molecular flexibility index (Phi) is 4.45. The van der Waals surface area contributed by atoms with E-state index in [1.165, 1.54) is 0 Å². The zero-order valence-electron chi connectivity index (χ0n) is 11.9.